The Labute approximate surface area is 200 Å². The van der Waals surface area contributed by atoms with Crippen LogP contribution < -0.4 is 0 Å². The molecule has 8 nitrogen and oxygen atoms in total. The van der Waals surface area contributed by atoms with Crippen LogP contribution in [0.5, 0.6) is 0 Å². The molecule has 0 radical (unpaired) electrons. The van der Waals surface area contributed by atoms with Crippen LogP contribution in [0.1, 0.15) is 42.3 Å². The summed E-state index contributed by atoms with van der Waals surface area (Å²) in [5, 5.41) is 9.13. The van der Waals surface area contributed by atoms with Crippen molar-refractivity contribution in [3.8, 4) is 11.3 Å². The van der Waals surface area contributed by atoms with Gasteiger partial charge >= 0.3 is 12.1 Å². The number of rotatable bonds is 4. The fourth-order valence-corrected chi connectivity index (χ4v) is 3.99. The third-order valence-electron chi connectivity index (χ3n) is 5.50. The van der Waals surface area contributed by atoms with Gasteiger partial charge in [-0.2, -0.15) is 0 Å². The zero-order valence-corrected chi connectivity index (χ0v) is 19.9. The van der Waals surface area contributed by atoms with E-state index in [0.29, 0.717) is 23.2 Å². The molecule has 1 saturated heterocycles. The van der Waals surface area contributed by atoms with Crippen LogP contribution in [0.25, 0.3) is 22.4 Å². The molecule has 0 spiro atoms. The normalized spacial score (nSPS) is 16.5. The highest BCUT2D eigenvalue weighted by Crippen LogP contribution is 2.37. The van der Waals surface area contributed by atoms with Gasteiger partial charge in [-0.25, -0.2) is 18.4 Å². The van der Waals surface area contributed by atoms with Gasteiger partial charge < -0.3 is 23.9 Å². The molecular formula is C25H26F2N2O6. The quantitative estimate of drug-likeness (QED) is 0.554. The van der Waals surface area contributed by atoms with E-state index in [1.54, 1.807) is 40.0 Å². The van der Waals surface area contributed by atoms with Crippen LogP contribution in [0.4, 0.5) is 13.6 Å². The molecule has 0 bridgehead atoms. The third kappa shape index (κ3) is 5.27. The fourth-order valence-electron chi connectivity index (χ4n) is 3.99. The molecule has 4 rings (SSSR count). The minimum Gasteiger partial charge on any atom is -0.478 e. The van der Waals surface area contributed by atoms with Gasteiger partial charge in [0, 0.05) is 24.7 Å². The van der Waals surface area contributed by atoms with Crippen molar-refractivity contribution >= 4 is 23.2 Å². The summed E-state index contributed by atoms with van der Waals surface area (Å²) in [6, 6.07) is 3.20. The average molecular weight is 488 g/mol. The summed E-state index contributed by atoms with van der Waals surface area (Å²) < 4.78 is 47.1. The highest BCUT2D eigenvalue weighted by molar-refractivity contribution is 5.90. The number of pyridine rings is 1. The molecule has 2 aromatic heterocycles. The largest absolute Gasteiger partial charge is 0.478 e. The van der Waals surface area contributed by atoms with Crippen LogP contribution in [-0.2, 0) is 15.9 Å². The first-order valence-electron chi connectivity index (χ1n) is 11.1. The molecule has 1 atom stereocenters. The molecule has 10 heteroatoms. The van der Waals surface area contributed by atoms with E-state index in [-0.39, 0.29) is 25.3 Å². The SMILES string of the molecule is Cc1cnc2c(C[C@H]3CN(C(=O)OC(C)(C)C)CCO3)c(-c3c(F)cc(C(=O)O)cc3F)oc2c1. The highest BCUT2D eigenvalue weighted by atomic mass is 19.1. The Morgan fingerprint density at radius 1 is 1.23 bits per heavy atom. The zero-order chi connectivity index (χ0) is 25.5. The number of aromatic carboxylic acids is 1. The molecule has 1 fully saturated rings. The predicted molar refractivity (Wildman–Crippen MR) is 122 cm³/mol. The second-order valence-corrected chi connectivity index (χ2v) is 9.51. The zero-order valence-electron chi connectivity index (χ0n) is 19.9. The lowest BCUT2D eigenvalue weighted by atomic mass is 9.99. The van der Waals surface area contributed by atoms with Crippen LogP contribution >= 0.6 is 0 Å². The van der Waals surface area contributed by atoms with Crippen LogP contribution in [0, 0.1) is 18.6 Å². The number of hydrogen-bond donors (Lipinski definition) is 1. The number of carbonyl (C=O) groups excluding carboxylic acids is 1. The smallest absolute Gasteiger partial charge is 0.410 e. The fraction of sp³-hybridized carbons (Fsp3) is 0.400. The molecule has 1 aromatic carbocycles. The van der Waals surface area contributed by atoms with Gasteiger partial charge in [-0.15, -0.1) is 0 Å². The number of ether oxygens (including phenoxy) is 2. The van der Waals surface area contributed by atoms with Crippen LogP contribution in [0.2, 0.25) is 0 Å². The molecule has 1 aliphatic heterocycles. The van der Waals surface area contributed by atoms with Gasteiger partial charge in [0.15, 0.2) is 5.58 Å². The van der Waals surface area contributed by atoms with Crippen molar-refractivity contribution < 1.29 is 37.4 Å². The molecule has 0 unspecified atom stereocenters. The number of aryl methyl sites for hydroxylation is 1. The van der Waals surface area contributed by atoms with Crippen molar-refractivity contribution in [2.24, 2.45) is 0 Å². The van der Waals surface area contributed by atoms with Gasteiger partial charge in [-0.3, -0.25) is 4.98 Å². The van der Waals surface area contributed by atoms with Gasteiger partial charge in [0.25, 0.3) is 0 Å². The molecule has 1 amide bonds. The van der Waals surface area contributed by atoms with Crippen molar-refractivity contribution in [3.05, 3.63) is 52.7 Å². The van der Waals surface area contributed by atoms with E-state index in [9.17, 15) is 18.4 Å². The number of carboxylic acids is 1. The number of nitrogens with zero attached hydrogens (tertiary/aromatic N) is 2. The van der Waals surface area contributed by atoms with Crippen molar-refractivity contribution in [2.75, 3.05) is 19.7 Å². The van der Waals surface area contributed by atoms with Gasteiger partial charge in [-0.1, -0.05) is 0 Å². The molecule has 0 aliphatic carbocycles. The molecule has 0 saturated carbocycles. The highest BCUT2D eigenvalue weighted by Gasteiger charge is 2.31. The topological polar surface area (TPSA) is 102 Å². The Balaban J connectivity index is 1.72. The van der Waals surface area contributed by atoms with E-state index in [0.717, 1.165) is 17.7 Å². The minimum absolute atomic E-state index is 0.0944. The number of amides is 1. The van der Waals surface area contributed by atoms with E-state index >= 15 is 0 Å². The van der Waals surface area contributed by atoms with Gasteiger partial charge in [0.05, 0.1) is 30.4 Å². The van der Waals surface area contributed by atoms with Gasteiger partial charge in [0.1, 0.15) is 28.5 Å². The van der Waals surface area contributed by atoms with Crippen molar-refractivity contribution in [1.29, 1.82) is 0 Å². The Morgan fingerprint density at radius 3 is 2.54 bits per heavy atom. The maximum atomic E-state index is 15.0. The van der Waals surface area contributed by atoms with E-state index < -0.39 is 46.5 Å². The maximum Gasteiger partial charge on any atom is 0.410 e. The van der Waals surface area contributed by atoms with Crippen molar-refractivity contribution in [1.82, 2.24) is 9.88 Å². The number of hydrogen-bond acceptors (Lipinski definition) is 6. The Morgan fingerprint density at radius 2 is 1.91 bits per heavy atom. The van der Waals surface area contributed by atoms with E-state index in [1.807, 2.05) is 0 Å². The first-order valence-corrected chi connectivity index (χ1v) is 11.1. The second kappa shape index (κ2) is 9.26. The lowest BCUT2D eigenvalue weighted by Gasteiger charge is -2.34. The number of carboxylic acid groups (broad SMARTS) is 1. The lowest BCUT2D eigenvalue weighted by Crippen LogP contribution is -2.48. The Kier molecular flexibility index (Phi) is 6.50. The van der Waals surface area contributed by atoms with Crippen molar-refractivity contribution in [3.63, 3.8) is 0 Å². The summed E-state index contributed by atoms with van der Waals surface area (Å²) in [6.07, 6.45) is 0.777. The third-order valence-corrected chi connectivity index (χ3v) is 5.50. The minimum atomic E-state index is -1.45. The van der Waals surface area contributed by atoms with E-state index in [2.05, 4.69) is 4.98 Å². The molecular weight excluding hydrogens is 462 g/mol. The number of halogens is 2. The molecule has 1 aliphatic rings. The number of carbonyl (C=O) groups is 2. The summed E-state index contributed by atoms with van der Waals surface area (Å²) in [7, 11) is 0. The standard InChI is InChI=1S/C25H26F2N2O6/c1-13-7-19-21(28-11-13)16(10-15-12-29(5-6-33-15)24(32)35-25(2,3)4)22(34-19)20-17(26)8-14(23(30)31)9-18(20)27/h7-9,11,15H,5-6,10,12H2,1-4H3,(H,30,31)/t15-/m0/s1. The van der Waals surface area contributed by atoms with E-state index in [1.165, 1.54) is 4.90 Å². The molecule has 3 heterocycles. The first-order chi connectivity index (χ1) is 16.4. The Hall–Kier alpha value is -3.53. The van der Waals surface area contributed by atoms with Crippen LogP contribution in [0.3, 0.4) is 0 Å². The predicted octanol–water partition coefficient (Wildman–Crippen LogP) is 4.96. The van der Waals surface area contributed by atoms with E-state index in [4.69, 9.17) is 19.0 Å². The monoisotopic (exact) mass is 488 g/mol. The van der Waals surface area contributed by atoms with Crippen molar-refractivity contribution in [2.45, 2.75) is 45.8 Å². The molecule has 186 valence electrons. The summed E-state index contributed by atoms with van der Waals surface area (Å²) in [4.78, 5) is 29.7. The average Bonchev–Trinajstić information content (AvgIpc) is 3.09. The lowest BCUT2D eigenvalue weighted by molar-refractivity contribution is -0.0414. The summed E-state index contributed by atoms with van der Waals surface area (Å²) in [6.45, 7) is 7.95. The number of benzene rings is 1. The van der Waals surface area contributed by atoms with Gasteiger partial charge in [0.2, 0.25) is 0 Å². The van der Waals surface area contributed by atoms with Crippen LogP contribution in [-0.4, -0.2) is 58.5 Å². The Bertz CT molecular complexity index is 1270. The summed E-state index contributed by atoms with van der Waals surface area (Å²) in [5.41, 5.74) is 0.270. The number of aromatic nitrogens is 1. The summed E-state index contributed by atoms with van der Waals surface area (Å²) in [5.74, 6) is -3.68. The summed E-state index contributed by atoms with van der Waals surface area (Å²) >= 11 is 0. The second-order valence-electron chi connectivity index (χ2n) is 9.51. The molecule has 3 aromatic rings. The molecule has 1 N–H and O–H groups in total. The maximum absolute atomic E-state index is 15.0. The molecule has 35 heavy (non-hydrogen) atoms. The number of fused-ring (bicyclic) bond motifs is 1. The number of furan rings is 1. The first kappa shape index (κ1) is 24.6. The van der Waals surface area contributed by atoms with Gasteiger partial charge in [-0.05, 0) is 51.5 Å². The number of morpholine rings is 1. The van der Waals surface area contributed by atoms with Crippen LogP contribution in [0.15, 0.2) is 28.8 Å².